The third kappa shape index (κ3) is 2.91. The number of rotatable bonds is 4. The zero-order valence-corrected chi connectivity index (χ0v) is 12.0. The lowest BCUT2D eigenvalue weighted by molar-refractivity contribution is 0.245. The summed E-state index contributed by atoms with van der Waals surface area (Å²) in [6.07, 6.45) is 5.04. The molecule has 3 rings (SSSR count). The molecule has 1 aromatic heterocycles. The number of fused-ring (bicyclic) bond motifs is 1. The molecule has 106 valence electrons. The lowest BCUT2D eigenvalue weighted by Crippen LogP contribution is -2.06. The van der Waals surface area contributed by atoms with Crippen molar-refractivity contribution in [3.05, 3.63) is 54.6 Å². The molecule has 0 aliphatic rings. The van der Waals surface area contributed by atoms with Crippen molar-refractivity contribution < 1.29 is 4.74 Å². The molecule has 0 bridgehead atoms. The van der Waals surface area contributed by atoms with Crippen molar-refractivity contribution in [3.63, 3.8) is 0 Å². The molecule has 0 saturated carbocycles. The zero-order chi connectivity index (χ0) is 14.7. The van der Waals surface area contributed by atoms with E-state index < -0.39 is 0 Å². The lowest BCUT2D eigenvalue weighted by Gasteiger charge is -2.13. The van der Waals surface area contributed by atoms with E-state index in [2.05, 4.69) is 27.4 Å². The van der Waals surface area contributed by atoms with Gasteiger partial charge in [-0.3, -0.25) is 0 Å². The maximum atomic E-state index is 5.86. The van der Waals surface area contributed by atoms with Gasteiger partial charge in [-0.25, -0.2) is 4.68 Å². The van der Waals surface area contributed by atoms with Gasteiger partial charge in [0.15, 0.2) is 0 Å². The summed E-state index contributed by atoms with van der Waals surface area (Å²) >= 11 is 0. The van der Waals surface area contributed by atoms with Gasteiger partial charge >= 0.3 is 0 Å². The summed E-state index contributed by atoms with van der Waals surface area (Å²) < 4.78 is 7.43. The largest absolute Gasteiger partial charge is 0.490 e. The van der Waals surface area contributed by atoms with E-state index in [4.69, 9.17) is 4.74 Å². The minimum Gasteiger partial charge on any atom is -0.490 e. The van der Waals surface area contributed by atoms with Crippen LogP contribution in [-0.2, 0) is 0 Å². The third-order valence-corrected chi connectivity index (χ3v) is 3.02. The fraction of sp³-hybridized carbons (Fsp3) is 0.188. The SMILES string of the molecule is CC(C)Oc1ccc(/C=N\n2cnnc2)c2ccccc12. The molecular weight excluding hydrogens is 264 g/mol. The van der Waals surface area contributed by atoms with Crippen LogP contribution >= 0.6 is 0 Å². The van der Waals surface area contributed by atoms with Crippen LogP contribution in [0.2, 0.25) is 0 Å². The van der Waals surface area contributed by atoms with Crippen molar-refractivity contribution in [2.45, 2.75) is 20.0 Å². The molecule has 0 aliphatic carbocycles. The molecule has 0 N–H and O–H groups in total. The number of nitrogens with zero attached hydrogens (tertiary/aromatic N) is 4. The Morgan fingerprint density at radius 2 is 1.76 bits per heavy atom. The van der Waals surface area contributed by atoms with Crippen molar-refractivity contribution in [1.29, 1.82) is 0 Å². The second kappa shape index (κ2) is 5.75. The van der Waals surface area contributed by atoms with E-state index in [1.54, 1.807) is 23.5 Å². The summed E-state index contributed by atoms with van der Waals surface area (Å²) in [5.74, 6) is 0.891. The van der Waals surface area contributed by atoms with Gasteiger partial charge in [0.1, 0.15) is 18.4 Å². The Morgan fingerprint density at radius 3 is 2.48 bits per heavy atom. The van der Waals surface area contributed by atoms with Crippen LogP contribution in [0.3, 0.4) is 0 Å². The van der Waals surface area contributed by atoms with E-state index in [-0.39, 0.29) is 6.10 Å². The Labute approximate surface area is 122 Å². The zero-order valence-electron chi connectivity index (χ0n) is 12.0. The third-order valence-electron chi connectivity index (χ3n) is 3.02. The molecule has 0 amide bonds. The topological polar surface area (TPSA) is 52.3 Å². The lowest BCUT2D eigenvalue weighted by atomic mass is 10.0. The number of hydrogen-bond donors (Lipinski definition) is 0. The Kier molecular flexibility index (Phi) is 3.64. The first-order valence-electron chi connectivity index (χ1n) is 6.81. The minimum absolute atomic E-state index is 0.143. The first kappa shape index (κ1) is 13.3. The van der Waals surface area contributed by atoms with Gasteiger partial charge < -0.3 is 4.74 Å². The van der Waals surface area contributed by atoms with Gasteiger partial charge in [0.05, 0.1) is 12.3 Å². The van der Waals surface area contributed by atoms with Gasteiger partial charge in [0.2, 0.25) is 0 Å². The van der Waals surface area contributed by atoms with Crippen molar-refractivity contribution in [1.82, 2.24) is 14.9 Å². The molecule has 5 heteroatoms. The predicted octanol–water partition coefficient (Wildman–Crippen LogP) is 3.10. The van der Waals surface area contributed by atoms with Crippen LogP contribution in [0.25, 0.3) is 10.8 Å². The fourth-order valence-electron chi connectivity index (χ4n) is 2.15. The number of benzene rings is 2. The first-order chi connectivity index (χ1) is 10.2. The van der Waals surface area contributed by atoms with Gasteiger partial charge in [-0.15, -0.1) is 10.2 Å². The summed E-state index contributed by atoms with van der Waals surface area (Å²) in [6, 6.07) is 12.1. The quantitative estimate of drug-likeness (QED) is 0.690. The smallest absolute Gasteiger partial charge is 0.141 e. The molecule has 0 spiro atoms. The van der Waals surface area contributed by atoms with Crippen LogP contribution in [-0.4, -0.2) is 27.2 Å². The van der Waals surface area contributed by atoms with Crippen LogP contribution in [0.15, 0.2) is 54.2 Å². The van der Waals surface area contributed by atoms with Gasteiger partial charge in [-0.1, -0.05) is 24.3 Å². The molecule has 5 nitrogen and oxygen atoms in total. The van der Waals surface area contributed by atoms with Gasteiger partial charge in [-0.2, -0.15) is 5.10 Å². The van der Waals surface area contributed by atoms with E-state index in [1.165, 1.54) is 0 Å². The molecule has 0 aliphatic heterocycles. The standard InChI is InChI=1S/C16H16N4O/c1-12(2)21-16-8-7-13(9-19-20-10-17-18-11-20)14-5-3-4-6-15(14)16/h3-12H,1-2H3/b19-9-. The van der Waals surface area contributed by atoms with Crippen LogP contribution < -0.4 is 4.74 Å². The Morgan fingerprint density at radius 1 is 1.05 bits per heavy atom. The molecule has 0 saturated heterocycles. The first-order valence-corrected chi connectivity index (χ1v) is 6.81. The van der Waals surface area contributed by atoms with E-state index in [0.717, 1.165) is 22.1 Å². The highest BCUT2D eigenvalue weighted by Gasteiger charge is 2.06. The molecule has 3 aromatic rings. The average Bonchev–Trinajstić information content (AvgIpc) is 2.99. The second-order valence-electron chi connectivity index (χ2n) is 4.95. The minimum atomic E-state index is 0.143. The van der Waals surface area contributed by atoms with Crippen molar-refractivity contribution in [2.24, 2.45) is 5.10 Å². The maximum Gasteiger partial charge on any atom is 0.141 e. The summed E-state index contributed by atoms with van der Waals surface area (Å²) in [5.41, 5.74) is 1.02. The second-order valence-corrected chi connectivity index (χ2v) is 4.95. The number of hydrogen-bond acceptors (Lipinski definition) is 4. The normalized spacial score (nSPS) is 11.6. The molecule has 21 heavy (non-hydrogen) atoms. The Hall–Kier alpha value is -2.69. The summed E-state index contributed by atoms with van der Waals surface area (Å²) in [5, 5.41) is 13.9. The highest BCUT2D eigenvalue weighted by atomic mass is 16.5. The molecule has 0 atom stereocenters. The Bertz CT molecular complexity index is 763. The monoisotopic (exact) mass is 280 g/mol. The molecule has 0 radical (unpaired) electrons. The van der Waals surface area contributed by atoms with E-state index in [0.29, 0.717) is 0 Å². The molecular formula is C16H16N4O. The van der Waals surface area contributed by atoms with Gasteiger partial charge in [-0.05, 0) is 31.4 Å². The van der Waals surface area contributed by atoms with E-state index >= 15 is 0 Å². The highest BCUT2D eigenvalue weighted by Crippen LogP contribution is 2.28. The molecule has 0 unspecified atom stereocenters. The van der Waals surface area contributed by atoms with Gasteiger partial charge in [0, 0.05) is 10.9 Å². The van der Waals surface area contributed by atoms with E-state index in [9.17, 15) is 0 Å². The average molecular weight is 280 g/mol. The van der Waals surface area contributed by atoms with Crippen molar-refractivity contribution >= 4 is 17.0 Å². The van der Waals surface area contributed by atoms with Crippen molar-refractivity contribution in [3.8, 4) is 5.75 Å². The molecule has 1 heterocycles. The Balaban J connectivity index is 2.04. The van der Waals surface area contributed by atoms with E-state index in [1.807, 2.05) is 38.1 Å². The van der Waals surface area contributed by atoms with Crippen LogP contribution in [0, 0.1) is 0 Å². The highest BCUT2D eigenvalue weighted by molar-refractivity contribution is 6.02. The summed E-state index contributed by atoms with van der Waals surface area (Å²) in [4.78, 5) is 0. The van der Waals surface area contributed by atoms with Gasteiger partial charge in [0.25, 0.3) is 0 Å². The van der Waals surface area contributed by atoms with Crippen LogP contribution in [0.5, 0.6) is 5.75 Å². The molecule has 0 fully saturated rings. The van der Waals surface area contributed by atoms with Crippen LogP contribution in [0.4, 0.5) is 0 Å². The number of aromatic nitrogens is 3. The predicted molar refractivity (Wildman–Crippen MR) is 82.7 cm³/mol. The molecule has 2 aromatic carbocycles. The van der Waals surface area contributed by atoms with Crippen molar-refractivity contribution in [2.75, 3.05) is 0 Å². The summed E-state index contributed by atoms with van der Waals surface area (Å²) in [7, 11) is 0. The summed E-state index contributed by atoms with van der Waals surface area (Å²) in [6.45, 7) is 4.05. The number of ether oxygens (including phenoxy) is 1. The van der Waals surface area contributed by atoms with Crippen LogP contribution in [0.1, 0.15) is 19.4 Å². The fourth-order valence-corrected chi connectivity index (χ4v) is 2.15. The maximum absolute atomic E-state index is 5.86.